The van der Waals surface area contributed by atoms with E-state index in [-0.39, 0.29) is 11.7 Å². The molecule has 3 aromatic rings. The minimum Gasteiger partial charge on any atom is -0.313 e. The summed E-state index contributed by atoms with van der Waals surface area (Å²) in [5.74, 6) is -1.47. The first kappa shape index (κ1) is 18.2. The third kappa shape index (κ3) is 3.74. The zero-order chi connectivity index (χ0) is 19.5. The van der Waals surface area contributed by atoms with Gasteiger partial charge in [-0.2, -0.15) is 0 Å². The van der Waals surface area contributed by atoms with Crippen LogP contribution in [0.4, 0.5) is 19.3 Å². The minimum atomic E-state index is -0.792. The third-order valence-corrected chi connectivity index (χ3v) is 5.11. The average molecular weight is 378 g/mol. The molecule has 1 unspecified atom stereocenters. The van der Waals surface area contributed by atoms with Crippen LogP contribution in [0.3, 0.4) is 0 Å². The summed E-state index contributed by atoms with van der Waals surface area (Å²) in [4.78, 5) is 14.8. The second-order valence-corrected chi connectivity index (χ2v) is 6.92. The fourth-order valence-corrected chi connectivity index (χ4v) is 3.74. The van der Waals surface area contributed by atoms with Gasteiger partial charge in [0.15, 0.2) is 0 Å². The highest BCUT2D eigenvalue weighted by Gasteiger charge is 2.31. The molecular weight excluding hydrogens is 358 g/mol. The topological polar surface area (TPSA) is 32.3 Å². The molecule has 0 heterocycles. The molecule has 1 aliphatic carbocycles. The average Bonchev–Trinajstić information content (AvgIpc) is 3.13. The zero-order valence-corrected chi connectivity index (χ0v) is 15.2. The molecule has 0 saturated heterocycles. The number of benzene rings is 3. The van der Waals surface area contributed by atoms with Gasteiger partial charge < -0.3 is 10.2 Å². The lowest BCUT2D eigenvalue weighted by Crippen LogP contribution is -2.37. The lowest BCUT2D eigenvalue weighted by atomic mass is 10.1. The summed E-state index contributed by atoms with van der Waals surface area (Å²) in [5, 5.41) is 2.61. The van der Waals surface area contributed by atoms with E-state index in [0.29, 0.717) is 6.54 Å². The molecule has 4 rings (SSSR count). The molecular formula is C23H20F2N2O. The quantitative estimate of drug-likeness (QED) is 0.622. The Bertz CT molecular complexity index is 991. The number of halogens is 2. The van der Waals surface area contributed by atoms with Crippen LogP contribution >= 0.6 is 0 Å². The van der Waals surface area contributed by atoms with E-state index in [4.69, 9.17) is 0 Å². The highest BCUT2D eigenvalue weighted by molar-refractivity contribution is 5.89. The Kier molecular flexibility index (Phi) is 5.06. The standard InChI is InChI=1S/C23H20F2N2O/c24-18-11-12-21(20(25)14-18)26-23(28)27(15-16-6-2-1-3-7-16)22-13-10-17-8-4-5-9-19(17)22/h1-9,11-12,14,22H,10,13,15H2,(H,26,28). The maximum absolute atomic E-state index is 14.0. The second-order valence-electron chi connectivity index (χ2n) is 6.92. The van der Waals surface area contributed by atoms with Crippen molar-refractivity contribution in [1.29, 1.82) is 0 Å². The first-order chi connectivity index (χ1) is 13.6. The molecule has 0 bridgehead atoms. The fourth-order valence-electron chi connectivity index (χ4n) is 3.74. The van der Waals surface area contributed by atoms with Crippen molar-refractivity contribution in [2.75, 3.05) is 5.32 Å². The predicted octanol–water partition coefficient (Wildman–Crippen LogP) is 5.69. The maximum Gasteiger partial charge on any atom is 0.322 e. The number of nitrogens with zero attached hydrogens (tertiary/aromatic N) is 1. The first-order valence-electron chi connectivity index (χ1n) is 9.26. The van der Waals surface area contributed by atoms with Gasteiger partial charge in [-0.25, -0.2) is 13.6 Å². The van der Waals surface area contributed by atoms with Crippen LogP contribution in [0.25, 0.3) is 0 Å². The first-order valence-corrected chi connectivity index (χ1v) is 9.26. The summed E-state index contributed by atoms with van der Waals surface area (Å²) in [6.07, 6.45) is 1.70. The number of rotatable bonds is 4. The Labute approximate surface area is 162 Å². The van der Waals surface area contributed by atoms with Crippen LogP contribution in [0.2, 0.25) is 0 Å². The molecule has 1 N–H and O–H groups in total. The minimum absolute atomic E-state index is 0.0317. The van der Waals surface area contributed by atoms with Gasteiger partial charge in [0.05, 0.1) is 11.7 Å². The summed E-state index contributed by atoms with van der Waals surface area (Å²) in [7, 11) is 0. The van der Waals surface area contributed by atoms with E-state index >= 15 is 0 Å². The Morgan fingerprint density at radius 2 is 1.75 bits per heavy atom. The summed E-state index contributed by atoms with van der Waals surface area (Å²) in [6, 6.07) is 20.4. The molecule has 0 spiro atoms. The summed E-state index contributed by atoms with van der Waals surface area (Å²) in [5.41, 5.74) is 3.30. The van der Waals surface area contributed by atoms with Crippen LogP contribution in [0.15, 0.2) is 72.8 Å². The Balaban J connectivity index is 1.64. The van der Waals surface area contributed by atoms with Gasteiger partial charge in [0, 0.05) is 12.6 Å². The molecule has 1 aliphatic rings. The number of carbonyl (C=O) groups excluding carboxylic acids is 1. The number of aryl methyl sites for hydroxylation is 1. The number of hydrogen-bond donors (Lipinski definition) is 1. The molecule has 2 amide bonds. The summed E-state index contributed by atoms with van der Waals surface area (Å²) < 4.78 is 27.2. The van der Waals surface area contributed by atoms with E-state index < -0.39 is 17.7 Å². The van der Waals surface area contributed by atoms with Crippen molar-refractivity contribution in [1.82, 2.24) is 4.90 Å². The van der Waals surface area contributed by atoms with Crippen molar-refractivity contribution < 1.29 is 13.6 Å². The molecule has 28 heavy (non-hydrogen) atoms. The molecule has 0 saturated carbocycles. The Morgan fingerprint density at radius 3 is 2.54 bits per heavy atom. The lowest BCUT2D eigenvalue weighted by Gasteiger charge is -2.30. The highest BCUT2D eigenvalue weighted by atomic mass is 19.1. The normalized spacial score (nSPS) is 15.1. The molecule has 142 valence electrons. The number of hydrogen-bond acceptors (Lipinski definition) is 1. The molecule has 0 aliphatic heterocycles. The van der Waals surface area contributed by atoms with Crippen molar-refractivity contribution in [3.63, 3.8) is 0 Å². The molecule has 1 atom stereocenters. The predicted molar refractivity (Wildman–Crippen MR) is 105 cm³/mol. The molecule has 5 heteroatoms. The van der Waals surface area contributed by atoms with Gasteiger partial charge in [-0.15, -0.1) is 0 Å². The third-order valence-electron chi connectivity index (χ3n) is 5.11. The summed E-state index contributed by atoms with van der Waals surface area (Å²) >= 11 is 0. The molecule has 0 fully saturated rings. The Hall–Kier alpha value is -3.21. The molecule has 3 aromatic carbocycles. The SMILES string of the molecule is O=C(Nc1ccc(F)cc1F)N(Cc1ccccc1)C1CCc2ccccc21. The van der Waals surface area contributed by atoms with E-state index in [2.05, 4.69) is 11.4 Å². The molecule has 3 nitrogen and oxygen atoms in total. The summed E-state index contributed by atoms with van der Waals surface area (Å²) in [6.45, 7) is 0.397. The van der Waals surface area contributed by atoms with Gasteiger partial charge in [0.25, 0.3) is 0 Å². The Morgan fingerprint density at radius 1 is 1.00 bits per heavy atom. The van der Waals surface area contributed by atoms with Crippen molar-refractivity contribution in [3.05, 3.63) is 101 Å². The van der Waals surface area contributed by atoms with Gasteiger partial charge in [-0.1, -0.05) is 54.6 Å². The number of fused-ring (bicyclic) bond motifs is 1. The van der Waals surface area contributed by atoms with Crippen molar-refractivity contribution in [2.24, 2.45) is 0 Å². The van der Waals surface area contributed by atoms with Crippen LogP contribution in [-0.4, -0.2) is 10.9 Å². The van der Waals surface area contributed by atoms with Crippen LogP contribution in [0.1, 0.15) is 29.2 Å². The fraction of sp³-hybridized carbons (Fsp3) is 0.174. The monoisotopic (exact) mass is 378 g/mol. The van der Waals surface area contributed by atoms with Crippen LogP contribution in [0.5, 0.6) is 0 Å². The number of nitrogens with one attached hydrogen (secondary N) is 1. The van der Waals surface area contributed by atoms with Crippen molar-refractivity contribution >= 4 is 11.7 Å². The van der Waals surface area contributed by atoms with E-state index in [1.165, 1.54) is 11.6 Å². The van der Waals surface area contributed by atoms with Crippen LogP contribution in [0, 0.1) is 11.6 Å². The zero-order valence-electron chi connectivity index (χ0n) is 15.2. The van der Waals surface area contributed by atoms with Gasteiger partial charge in [-0.05, 0) is 41.7 Å². The van der Waals surface area contributed by atoms with Crippen molar-refractivity contribution in [2.45, 2.75) is 25.4 Å². The number of urea groups is 1. The van der Waals surface area contributed by atoms with E-state index in [9.17, 15) is 13.6 Å². The van der Waals surface area contributed by atoms with Crippen LogP contribution in [-0.2, 0) is 13.0 Å². The van der Waals surface area contributed by atoms with Gasteiger partial charge in [0.2, 0.25) is 0 Å². The van der Waals surface area contributed by atoms with Gasteiger partial charge >= 0.3 is 6.03 Å². The highest BCUT2D eigenvalue weighted by Crippen LogP contribution is 2.37. The number of anilines is 1. The molecule has 0 aromatic heterocycles. The number of amides is 2. The second kappa shape index (κ2) is 7.80. The van der Waals surface area contributed by atoms with E-state index in [1.54, 1.807) is 4.90 Å². The maximum atomic E-state index is 14.0. The van der Waals surface area contributed by atoms with E-state index in [1.807, 2.05) is 48.5 Å². The smallest absolute Gasteiger partial charge is 0.313 e. The van der Waals surface area contributed by atoms with Gasteiger partial charge in [-0.3, -0.25) is 0 Å². The molecule has 0 radical (unpaired) electrons. The number of carbonyl (C=O) groups is 1. The van der Waals surface area contributed by atoms with Crippen molar-refractivity contribution in [3.8, 4) is 0 Å². The van der Waals surface area contributed by atoms with Crippen LogP contribution < -0.4 is 5.32 Å². The van der Waals surface area contributed by atoms with E-state index in [0.717, 1.165) is 36.1 Å². The lowest BCUT2D eigenvalue weighted by molar-refractivity contribution is 0.183. The van der Waals surface area contributed by atoms with Gasteiger partial charge in [0.1, 0.15) is 11.6 Å². The largest absolute Gasteiger partial charge is 0.322 e.